The van der Waals surface area contributed by atoms with E-state index in [1.165, 1.54) is 12.1 Å². The van der Waals surface area contributed by atoms with Gasteiger partial charge in [-0.05, 0) is 71.2 Å². The van der Waals surface area contributed by atoms with Gasteiger partial charge >= 0.3 is 0 Å². The zero-order chi connectivity index (χ0) is 29.2. The number of aromatic nitrogens is 3. The largest absolute Gasteiger partial charge is 0.456 e. The number of aromatic amines is 1. The number of nitrogens with one attached hydrogen (secondary N) is 2. The highest BCUT2D eigenvalue weighted by Gasteiger charge is 2.59. The predicted octanol–water partition coefficient (Wildman–Crippen LogP) is 4.20. The van der Waals surface area contributed by atoms with Gasteiger partial charge in [0, 0.05) is 31.1 Å². The molecule has 7 rings (SSSR count). The van der Waals surface area contributed by atoms with Crippen LogP contribution in [-0.4, -0.2) is 79.1 Å². The van der Waals surface area contributed by atoms with Gasteiger partial charge in [0.2, 0.25) is 5.91 Å². The Morgan fingerprint density at radius 2 is 2.05 bits per heavy atom. The molecular weight excluding hydrogens is 687 g/mol. The first-order chi connectivity index (χ1) is 20.2. The number of pyridine rings is 1. The summed E-state index contributed by atoms with van der Waals surface area (Å²) < 4.78 is 46.7. The van der Waals surface area contributed by atoms with E-state index in [-0.39, 0.29) is 54.0 Å². The number of aliphatic hydroxyl groups excluding tert-OH is 1. The number of rotatable bonds is 7. The topological polar surface area (TPSA) is 122 Å². The van der Waals surface area contributed by atoms with Crippen LogP contribution in [0, 0.1) is 17.6 Å². The standard InChI is InChI=1S/C28H27ClF2IN5O5/c29-17-9-20-25(36-27(34-20)42-21-11-41-28(32)22(38)12-40-23(21)28)35-24(17)33-10-16-18(30)7-15(8-19(16)31)13-3-5-37(6-4-13)26(39)14-1-2-14/h3,7-9,14,21-23,38H,1-2,4-6,10-12H2,(H2,33,34,35,36)/t21-,22-,23-,28-/m1/s1. The molecule has 10 nitrogen and oxygen atoms in total. The average Bonchev–Trinajstić information content (AvgIpc) is 3.59. The van der Waals surface area contributed by atoms with Gasteiger partial charge in [-0.25, -0.2) is 13.8 Å². The van der Waals surface area contributed by atoms with E-state index in [1.54, 1.807) is 6.07 Å². The van der Waals surface area contributed by atoms with Crippen LogP contribution in [0.5, 0.6) is 6.01 Å². The highest BCUT2D eigenvalue weighted by Crippen LogP contribution is 2.44. The Morgan fingerprint density at radius 3 is 2.76 bits per heavy atom. The minimum atomic E-state index is -0.875. The van der Waals surface area contributed by atoms with Crippen molar-refractivity contribution in [3.8, 4) is 6.01 Å². The van der Waals surface area contributed by atoms with E-state index < -0.39 is 33.6 Å². The van der Waals surface area contributed by atoms with Crippen molar-refractivity contribution in [2.75, 3.05) is 31.6 Å². The summed E-state index contributed by atoms with van der Waals surface area (Å²) in [5.41, 5.74) is 1.94. The van der Waals surface area contributed by atoms with E-state index in [9.17, 15) is 9.90 Å². The fourth-order valence-electron chi connectivity index (χ4n) is 5.61. The first-order valence-electron chi connectivity index (χ1n) is 13.7. The number of amides is 1. The molecule has 0 unspecified atom stereocenters. The van der Waals surface area contributed by atoms with Gasteiger partial charge in [0.1, 0.15) is 29.7 Å². The highest BCUT2D eigenvalue weighted by atomic mass is 127. The number of imidazole rings is 1. The molecule has 3 aromatic rings. The SMILES string of the molecule is O=C(C1CC1)N1CC=C(c2cc(F)c(CNc3nc4nc(O[C@@H]5CO[C@]6(I)[C@H](O)CO[C@H]56)[nH]c4cc3Cl)c(F)c2)CC1. The molecule has 4 aliphatic rings. The van der Waals surface area contributed by atoms with Gasteiger partial charge in [0.25, 0.3) is 6.01 Å². The van der Waals surface area contributed by atoms with E-state index >= 15 is 8.78 Å². The van der Waals surface area contributed by atoms with Crippen LogP contribution in [0.15, 0.2) is 24.3 Å². The van der Waals surface area contributed by atoms with Crippen molar-refractivity contribution in [1.82, 2.24) is 19.9 Å². The summed E-state index contributed by atoms with van der Waals surface area (Å²) in [4.78, 5) is 25.9. The molecule has 0 spiro atoms. The second kappa shape index (κ2) is 10.8. The predicted molar refractivity (Wildman–Crippen MR) is 157 cm³/mol. The fourth-order valence-corrected chi connectivity index (χ4v) is 6.77. The number of anilines is 1. The number of nitrogens with zero attached hydrogens (tertiary/aromatic N) is 3. The monoisotopic (exact) mass is 713 g/mol. The van der Waals surface area contributed by atoms with Crippen LogP contribution in [0.4, 0.5) is 14.6 Å². The first-order valence-corrected chi connectivity index (χ1v) is 15.2. The van der Waals surface area contributed by atoms with E-state index in [0.717, 1.165) is 18.4 Å². The van der Waals surface area contributed by atoms with Gasteiger partial charge in [0.05, 0.1) is 23.8 Å². The average molecular weight is 714 g/mol. The molecule has 1 aliphatic carbocycles. The number of alkyl halides is 1. The Labute approximate surface area is 257 Å². The van der Waals surface area contributed by atoms with E-state index in [0.29, 0.717) is 36.2 Å². The molecule has 5 heterocycles. The van der Waals surface area contributed by atoms with Gasteiger partial charge in [-0.2, -0.15) is 4.98 Å². The molecule has 42 heavy (non-hydrogen) atoms. The van der Waals surface area contributed by atoms with Crippen molar-refractivity contribution in [3.63, 3.8) is 0 Å². The van der Waals surface area contributed by atoms with Crippen LogP contribution in [0.1, 0.15) is 30.4 Å². The Hall–Kier alpha value is -2.59. The number of benzene rings is 1. The number of halogens is 4. The highest BCUT2D eigenvalue weighted by molar-refractivity contribution is 14.1. The number of hydrogen-bond donors (Lipinski definition) is 3. The lowest BCUT2D eigenvalue weighted by Gasteiger charge is -2.27. The number of H-pyrrole nitrogens is 1. The first kappa shape index (κ1) is 28.2. The van der Waals surface area contributed by atoms with Gasteiger partial charge in [0.15, 0.2) is 15.4 Å². The Bertz CT molecular complexity index is 1580. The van der Waals surface area contributed by atoms with Gasteiger partial charge in [-0.1, -0.05) is 17.7 Å². The van der Waals surface area contributed by atoms with Crippen LogP contribution in [0.2, 0.25) is 5.02 Å². The smallest absolute Gasteiger partial charge is 0.296 e. The summed E-state index contributed by atoms with van der Waals surface area (Å²) >= 11 is 8.46. The maximum Gasteiger partial charge on any atom is 0.296 e. The lowest BCUT2D eigenvalue weighted by molar-refractivity contribution is -0.132. The molecule has 3 fully saturated rings. The van der Waals surface area contributed by atoms with Crippen LogP contribution in [0.25, 0.3) is 16.7 Å². The van der Waals surface area contributed by atoms with E-state index in [1.807, 2.05) is 33.6 Å². The quantitative estimate of drug-likeness (QED) is 0.246. The lowest BCUT2D eigenvalue weighted by Crippen LogP contribution is -2.42. The number of carbonyl (C=O) groups is 1. The number of hydrogen-bond acceptors (Lipinski definition) is 8. The van der Waals surface area contributed by atoms with Crippen LogP contribution < -0.4 is 10.1 Å². The third-order valence-corrected chi connectivity index (χ3v) is 10.1. The summed E-state index contributed by atoms with van der Waals surface area (Å²) in [6.45, 7) is 1.18. The molecule has 1 amide bonds. The zero-order valence-corrected chi connectivity index (χ0v) is 25.1. The minimum absolute atomic E-state index is 0.146. The molecule has 0 bridgehead atoms. The Morgan fingerprint density at radius 1 is 1.26 bits per heavy atom. The summed E-state index contributed by atoms with van der Waals surface area (Å²) in [6.07, 6.45) is 2.60. The van der Waals surface area contributed by atoms with E-state index in [4.69, 9.17) is 25.8 Å². The number of aliphatic hydroxyl groups is 1. The summed E-state index contributed by atoms with van der Waals surface area (Å²) in [7, 11) is 0. The molecule has 3 aliphatic heterocycles. The Balaban J connectivity index is 1.03. The van der Waals surface area contributed by atoms with Crippen molar-refractivity contribution < 1.29 is 32.9 Å². The summed E-state index contributed by atoms with van der Waals surface area (Å²) in [5.74, 6) is -0.852. The van der Waals surface area contributed by atoms with Crippen molar-refractivity contribution in [2.45, 2.75) is 47.7 Å². The number of ether oxygens (including phenoxy) is 3. The van der Waals surface area contributed by atoms with Crippen molar-refractivity contribution in [1.29, 1.82) is 0 Å². The maximum atomic E-state index is 15.1. The molecule has 1 aromatic carbocycles. The molecule has 4 atom stereocenters. The minimum Gasteiger partial charge on any atom is -0.456 e. The van der Waals surface area contributed by atoms with Crippen LogP contribution in [0.3, 0.4) is 0 Å². The molecule has 2 aromatic heterocycles. The third-order valence-electron chi connectivity index (χ3n) is 8.14. The second-order valence-corrected chi connectivity index (χ2v) is 13.1. The molecule has 2 saturated heterocycles. The van der Waals surface area contributed by atoms with Crippen LogP contribution >= 0.6 is 34.2 Å². The lowest BCUT2D eigenvalue weighted by atomic mass is 9.97. The number of fused-ring (bicyclic) bond motifs is 2. The Kier molecular flexibility index (Phi) is 7.28. The molecule has 14 heteroatoms. The van der Waals surface area contributed by atoms with Crippen molar-refractivity contribution in [2.24, 2.45) is 5.92 Å². The third kappa shape index (κ3) is 5.12. The maximum absolute atomic E-state index is 15.1. The molecule has 3 N–H and O–H groups in total. The summed E-state index contributed by atoms with van der Waals surface area (Å²) in [6, 6.07) is 4.42. The van der Waals surface area contributed by atoms with Gasteiger partial charge < -0.3 is 34.5 Å². The van der Waals surface area contributed by atoms with Crippen LogP contribution in [-0.2, 0) is 20.8 Å². The fraction of sp³-hybridized carbons (Fsp3) is 0.464. The molecule has 0 radical (unpaired) electrons. The normalized spacial score (nSPS) is 27.3. The number of carbonyl (C=O) groups excluding carboxylic acids is 1. The molecule has 1 saturated carbocycles. The van der Waals surface area contributed by atoms with Gasteiger partial charge in [-0.15, -0.1) is 0 Å². The molecule has 222 valence electrons. The van der Waals surface area contributed by atoms with E-state index in [2.05, 4.69) is 20.3 Å². The van der Waals surface area contributed by atoms with Crippen molar-refractivity contribution >= 4 is 62.7 Å². The second-order valence-electron chi connectivity index (χ2n) is 11.0. The van der Waals surface area contributed by atoms with Gasteiger partial charge in [-0.3, -0.25) is 4.79 Å². The zero-order valence-electron chi connectivity index (χ0n) is 22.2. The molecular formula is C28H27ClF2IN5O5. The summed E-state index contributed by atoms with van der Waals surface area (Å²) in [5, 5.41) is 13.3. The van der Waals surface area contributed by atoms with Crippen molar-refractivity contribution in [3.05, 3.63) is 52.1 Å².